The van der Waals surface area contributed by atoms with E-state index in [1.165, 1.54) is 29.5 Å². The molecule has 0 amide bonds. The summed E-state index contributed by atoms with van der Waals surface area (Å²) >= 11 is 0. The third-order valence-corrected chi connectivity index (χ3v) is 6.86. The van der Waals surface area contributed by atoms with Crippen molar-refractivity contribution in [2.24, 2.45) is 0 Å². The van der Waals surface area contributed by atoms with Gasteiger partial charge in [-0.2, -0.15) is 0 Å². The Bertz CT molecular complexity index is 970. The van der Waals surface area contributed by atoms with Crippen LogP contribution in [0.3, 0.4) is 0 Å². The minimum Gasteiger partial charge on any atom is -0.508 e. The van der Waals surface area contributed by atoms with Crippen molar-refractivity contribution in [1.82, 2.24) is 0 Å². The lowest BCUT2D eigenvalue weighted by Gasteiger charge is -2.30. The van der Waals surface area contributed by atoms with Gasteiger partial charge in [0.05, 0.1) is 5.69 Å². The Kier molecular flexibility index (Phi) is 8.36. The number of phenols is 2. The fourth-order valence-corrected chi connectivity index (χ4v) is 4.30. The highest BCUT2D eigenvalue weighted by Gasteiger charge is 2.27. The first-order valence-electron chi connectivity index (χ1n) is 13.2. The second-order valence-corrected chi connectivity index (χ2v) is 14.4. The Morgan fingerprint density at radius 3 is 1.31 bits per heavy atom. The molecule has 0 radical (unpaired) electrons. The Balaban J connectivity index is 0.000000258. The quantitative estimate of drug-likeness (QED) is 0.429. The van der Waals surface area contributed by atoms with Crippen LogP contribution in [0.4, 0.5) is 5.69 Å². The number of phenolic OH excluding ortho intramolecular Hbond substituents is 2. The number of hydrogen-bond acceptors (Lipinski definition) is 3. The minimum absolute atomic E-state index is 0.0418. The lowest BCUT2D eigenvalue weighted by molar-refractivity contribution is 0.444. The average molecular weight is 482 g/mol. The molecule has 1 saturated heterocycles. The standard InChI is InChI=1S/C18H29NO.C14H22O/c1-17(2,3)13-11-14(18(4,5)6)16(20)15(12-13)19-9-7-8-10-19;1-13(2,3)10-7-11(14(4,5)6)9-12(15)8-10/h11-12,20H,7-10H2,1-6H3;7-9,15H,1-6H3. The average Bonchev–Trinajstić information content (AvgIpc) is 3.19. The van der Waals surface area contributed by atoms with Crippen LogP contribution in [0.25, 0.3) is 0 Å². The zero-order valence-electron chi connectivity index (χ0n) is 24.6. The van der Waals surface area contributed by atoms with Crippen molar-refractivity contribution >= 4 is 5.69 Å². The van der Waals surface area contributed by atoms with Crippen molar-refractivity contribution in [2.45, 2.75) is 118 Å². The Morgan fingerprint density at radius 2 is 0.943 bits per heavy atom. The van der Waals surface area contributed by atoms with Crippen molar-refractivity contribution in [3.63, 3.8) is 0 Å². The summed E-state index contributed by atoms with van der Waals surface area (Å²) in [7, 11) is 0. The highest BCUT2D eigenvalue weighted by atomic mass is 16.3. The van der Waals surface area contributed by atoms with Crippen LogP contribution >= 0.6 is 0 Å². The zero-order chi connectivity index (χ0) is 27.0. The molecule has 1 aliphatic rings. The van der Waals surface area contributed by atoms with Gasteiger partial charge in [0.2, 0.25) is 0 Å². The summed E-state index contributed by atoms with van der Waals surface area (Å²) in [5.41, 5.74) is 5.99. The summed E-state index contributed by atoms with van der Waals surface area (Å²) in [5.74, 6) is 0.847. The summed E-state index contributed by atoms with van der Waals surface area (Å²) < 4.78 is 0. The van der Waals surface area contributed by atoms with Crippen molar-refractivity contribution < 1.29 is 10.2 Å². The van der Waals surface area contributed by atoms with Crippen molar-refractivity contribution in [1.29, 1.82) is 0 Å². The highest BCUT2D eigenvalue weighted by Crippen LogP contribution is 2.42. The van der Waals surface area contributed by atoms with Gasteiger partial charge >= 0.3 is 0 Å². The molecule has 1 fully saturated rings. The van der Waals surface area contributed by atoms with Gasteiger partial charge in [-0.15, -0.1) is 0 Å². The molecule has 2 N–H and O–H groups in total. The first-order chi connectivity index (χ1) is 15.7. The monoisotopic (exact) mass is 481 g/mol. The number of nitrogens with zero attached hydrogens (tertiary/aromatic N) is 1. The van der Waals surface area contributed by atoms with E-state index in [0.29, 0.717) is 11.5 Å². The summed E-state index contributed by atoms with van der Waals surface area (Å²) in [4.78, 5) is 2.33. The van der Waals surface area contributed by atoms with E-state index in [4.69, 9.17) is 0 Å². The molecule has 0 saturated carbocycles. The van der Waals surface area contributed by atoms with E-state index in [9.17, 15) is 10.2 Å². The molecule has 0 atom stereocenters. The zero-order valence-corrected chi connectivity index (χ0v) is 24.6. The fraction of sp³-hybridized carbons (Fsp3) is 0.625. The van der Waals surface area contributed by atoms with E-state index in [-0.39, 0.29) is 21.7 Å². The predicted molar refractivity (Wildman–Crippen MR) is 152 cm³/mol. The third kappa shape index (κ3) is 7.66. The molecule has 0 unspecified atom stereocenters. The summed E-state index contributed by atoms with van der Waals surface area (Å²) in [6.45, 7) is 28.3. The molecule has 3 heteroatoms. The first kappa shape index (κ1) is 29.1. The van der Waals surface area contributed by atoms with Gasteiger partial charge in [-0.05, 0) is 69.4 Å². The molecular weight excluding hydrogens is 430 g/mol. The van der Waals surface area contributed by atoms with E-state index in [1.807, 2.05) is 12.1 Å². The number of aromatic hydroxyl groups is 2. The summed E-state index contributed by atoms with van der Waals surface area (Å²) in [6.07, 6.45) is 2.45. The SMILES string of the molecule is CC(C)(C)c1cc(N2CCCC2)c(O)c(C(C)(C)C)c1.CC(C)(C)c1cc(O)cc(C(C)(C)C)c1. The fourth-order valence-electron chi connectivity index (χ4n) is 4.30. The predicted octanol–water partition coefficient (Wildman–Crippen LogP) is 8.57. The number of hydrogen-bond donors (Lipinski definition) is 2. The largest absolute Gasteiger partial charge is 0.508 e. The second-order valence-electron chi connectivity index (χ2n) is 14.4. The van der Waals surface area contributed by atoms with Crippen LogP contribution in [0.2, 0.25) is 0 Å². The second kappa shape index (κ2) is 10.1. The van der Waals surface area contributed by atoms with Crippen molar-refractivity contribution in [3.8, 4) is 11.5 Å². The third-order valence-electron chi connectivity index (χ3n) is 6.86. The van der Waals surface area contributed by atoms with Crippen LogP contribution in [0.5, 0.6) is 11.5 Å². The number of rotatable bonds is 1. The van der Waals surface area contributed by atoms with Crippen LogP contribution in [0.1, 0.15) is 118 Å². The summed E-state index contributed by atoms with van der Waals surface area (Å²) in [6, 6.07) is 10.3. The van der Waals surface area contributed by atoms with Gasteiger partial charge in [-0.25, -0.2) is 0 Å². The topological polar surface area (TPSA) is 43.7 Å². The number of anilines is 1. The van der Waals surface area contributed by atoms with E-state index in [1.54, 1.807) is 0 Å². The summed E-state index contributed by atoms with van der Waals surface area (Å²) in [5, 5.41) is 20.5. The molecule has 0 aliphatic carbocycles. The van der Waals surface area contributed by atoms with Gasteiger partial charge < -0.3 is 15.1 Å². The molecule has 0 aromatic heterocycles. The van der Waals surface area contributed by atoms with Gasteiger partial charge in [0.1, 0.15) is 11.5 Å². The van der Waals surface area contributed by atoms with Crippen molar-refractivity contribution in [3.05, 3.63) is 52.6 Å². The van der Waals surface area contributed by atoms with Gasteiger partial charge in [0, 0.05) is 18.7 Å². The maximum absolute atomic E-state index is 10.7. The van der Waals surface area contributed by atoms with Gasteiger partial charge in [0.15, 0.2) is 0 Å². The molecule has 196 valence electrons. The normalized spacial score (nSPS) is 15.1. The molecule has 0 spiro atoms. The maximum Gasteiger partial charge on any atom is 0.142 e. The molecule has 2 aromatic carbocycles. The number of benzene rings is 2. The van der Waals surface area contributed by atoms with Crippen molar-refractivity contribution in [2.75, 3.05) is 18.0 Å². The maximum atomic E-state index is 10.7. The molecule has 3 rings (SSSR count). The lowest BCUT2D eigenvalue weighted by atomic mass is 9.79. The minimum atomic E-state index is -0.0418. The van der Waals surface area contributed by atoms with E-state index in [2.05, 4.69) is 106 Å². The van der Waals surface area contributed by atoms with Crippen LogP contribution in [-0.2, 0) is 21.7 Å². The van der Waals surface area contributed by atoms with Crippen LogP contribution in [0.15, 0.2) is 30.3 Å². The highest BCUT2D eigenvalue weighted by molar-refractivity contribution is 5.65. The van der Waals surface area contributed by atoms with Gasteiger partial charge in [-0.3, -0.25) is 0 Å². The molecule has 35 heavy (non-hydrogen) atoms. The molecular formula is C32H51NO2. The smallest absolute Gasteiger partial charge is 0.142 e. The van der Waals surface area contributed by atoms with Gasteiger partial charge in [-0.1, -0.05) is 95.2 Å². The van der Waals surface area contributed by atoms with Crippen LogP contribution in [-0.4, -0.2) is 23.3 Å². The molecule has 3 nitrogen and oxygen atoms in total. The van der Waals surface area contributed by atoms with E-state index >= 15 is 0 Å². The molecule has 1 aliphatic heterocycles. The molecule has 1 heterocycles. The molecule has 0 bridgehead atoms. The Hall–Kier alpha value is -2.16. The lowest BCUT2D eigenvalue weighted by Crippen LogP contribution is -2.22. The van der Waals surface area contributed by atoms with Crippen LogP contribution in [0, 0.1) is 0 Å². The Labute approximate surface area is 215 Å². The van der Waals surface area contributed by atoms with E-state index < -0.39 is 0 Å². The van der Waals surface area contributed by atoms with Crippen LogP contribution < -0.4 is 4.90 Å². The van der Waals surface area contributed by atoms with Gasteiger partial charge in [0.25, 0.3) is 0 Å². The first-order valence-corrected chi connectivity index (χ1v) is 13.2. The van der Waals surface area contributed by atoms with E-state index in [0.717, 1.165) is 24.3 Å². The Morgan fingerprint density at radius 1 is 0.543 bits per heavy atom. The molecule has 2 aromatic rings.